The van der Waals surface area contributed by atoms with E-state index in [4.69, 9.17) is 18.9 Å². The first-order chi connectivity index (χ1) is 12.1. The molecule has 0 unspecified atom stereocenters. The topological polar surface area (TPSA) is 66.0 Å². The second-order valence-electron chi connectivity index (χ2n) is 6.13. The molecule has 0 spiro atoms. The minimum Gasteiger partial charge on any atom is -0.496 e. The normalized spacial score (nSPS) is 19.8. The van der Waals surface area contributed by atoms with Crippen molar-refractivity contribution < 1.29 is 23.7 Å². The summed E-state index contributed by atoms with van der Waals surface area (Å²) in [6.07, 6.45) is 2.68. The van der Waals surface area contributed by atoms with Crippen LogP contribution >= 0.6 is 0 Å². The largest absolute Gasteiger partial charge is 0.496 e. The van der Waals surface area contributed by atoms with Gasteiger partial charge < -0.3 is 24.3 Å². The summed E-state index contributed by atoms with van der Waals surface area (Å²) in [6, 6.07) is 5.03. The van der Waals surface area contributed by atoms with Crippen LogP contribution in [0, 0.1) is 0 Å². The van der Waals surface area contributed by atoms with Crippen molar-refractivity contribution in [3.05, 3.63) is 35.4 Å². The predicted octanol–water partition coefficient (Wildman–Crippen LogP) is 2.57. The minimum absolute atomic E-state index is 0.0889. The van der Waals surface area contributed by atoms with Crippen molar-refractivity contribution in [3.63, 3.8) is 0 Å². The molecule has 0 aliphatic carbocycles. The fraction of sp³-hybridized carbons (Fsp3) is 0.526. The lowest BCUT2D eigenvalue weighted by Gasteiger charge is -2.32. The van der Waals surface area contributed by atoms with Crippen LogP contribution in [0.3, 0.4) is 0 Å². The van der Waals surface area contributed by atoms with Gasteiger partial charge in [0.15, 0.2) is 0 Å². The van der Waals surface area contributed by atoms with E-state index in [2.05, 4.69) is 5.32 Å². The molecule has 0 saturated carbocycles. The summed E-state index contributed by atoms with van der Waals surface area (Å²) in [6.45, 7) is 5.63. The summed E-state index contributed by atoms with van der Waals surface area (Å²) in [5, 5.41) is 3.00. The van der Waals surface area contributed by atoms with E-state index in [0.717, 1.165) is 6.42 Å². The maximum atomic E-state index is 12.8. The number of carbonyl (C=O) groups is 1. The lowest BCUT2D eigenvalue weighted by molar-refractivity contribution is -0.0457. The number of allylic oxidation sites excluding steroid dienone is 1. The van der Waals surface area contributed by atoms with Crippen LogP contribution in [0.4, 0.5) is 0 Å². The highest BCUT2D eigenvalue weighted by Gasteiger charge is 2.29. The Hall–Kier alpha value is -2.05. The molecule has 1 aromatic rings. The van der Waals surface area contributed by atoms with E-state index >= 15 is 0 Å². The van der Waals surface area contributed by atoms with Gasteiger partial charge in [0.2, 0.25) is 0 Å². The summed E-state index contributed by atoms with van der Waals surface area (Å²) in [5.41, 5.74) is 1.58. The van der Waals surface area contributed by atoms with Gasteiger partial charge in [-0.1, -0.05) is 17.7 Å². The SMILES string of the molecule is COc1cccc(OC)c1C(=O)N[C@@H]1COCC[C@@H]1OCC=C(C)C. The molecule has 25 heavy (non-hydrogen) atoms. The third-order valence-corrected chi connectivity index (χ3v) is 4.07. The molecule has 0 aromatic heterocycles. The molecule has 1 fully saturated rings. The predicted molar refractivity (Wildman–Crippen MR) is 95.4 cm³/mol. The van der Waals surface area contributed by atoms with Crippen LogP contribution in [0.25, 0.3) is 0 Å². The van der Waals surface area contributed by atoms with Gasteiger partial charge in [-0.15, -0.1) is 0 Å². The lowest BCUT2D eigenvalue weighted by Crippen LogP contribution is -2.50. The summed E-state index contributed by atoms with van der Waals surface area (Å²) >= 11 is 0. The first kappa shape index (κ1) is 19.3. The molecule has 6 heteroatoms. The molecule has 1 N–H and O–H groups in total. The number of nitrogens with one attached hydrogen (secondary N) is 1. The van der Waals surface area contributed by atoms with Crippen LogP contribution in [-0.2, 0) is 9.47 Å². The highest BCUT2D eigenvalue weighted by Crippen LogP contribution is 2.28. The number of ether oxygens (including phenoxy) is 4. The van der Waals surface area contributed by atoms with E-state index in [1.54, 1.807) is 18.2 Å². The molecule has 0 bridgehead atoms. The van der Waals surface area contributed by atoms with E-state index in [1.807, 2.05) is 19.9 Å². The van der Waals surface area contributed by atoms with Gasteiger partial charge in [0.25, 0.3) is 5.91 Å². The first-order valence-corrected chi connectivity index (χ1v) is 8.41. The van der Waals surface area contributed by atoms with Crippen LogP contribution < -0.4 is 14.8 Å². The van der Waals surface area contributed by atoms with Crippen molar-refractivity contribution in [2.24, 2.45) is 0 Å². The monoisotopic (exact) mass is 349 g/mol. The number of methoxy groups -OCH3 is 2. The van der Waals surface area contributed by atoms with Crippen molar-refractivity contribution in [1.29, 1.82) is 0 Å². The molecule has 1 aromatic carbocycles. The van der Waals surface area contributed by atoms with Gasteiger partial charge in [-0.2, -0.15) is 0 Å². The van der Waals surface area contributed by atoms with Crippen molar-refractivity contribution in [3.8, 4) is 11.5 Å². The van der Waals surface area contributed by atoms with Gasteiger partial charge in [-0.05, 0) is 32.4 Å². The van der Waals surface area contributed by atoms with Crippen LogP contribution in [-0.4, -0.2) is 52.1 Å². The zero-order valence-corrected chi connectivity index (χ0v) is 15.3. The molecular weight excluding hydrogens is 322 g/mol. The maximum absolute atomic E-state index is 12.8. The quantitative estimate of drug-likeness (QED) is 0.767. The van der Waals surface area contributed by atoms with Gasteiger partial charge in [0, 0.05) is 6.61 Å². The number of hydrogen-bond acceptors (Lipinski definition) is 5. The Bertz CT molecular complexity index is 588. The van der Waals surface area contributed by atoms with E-state index in [0.29, 0.717) is 36.9 Å². The van der Waals surface area contributed by atoms with Crippen LogP contribution in [0.5, 0.6) is 11.5 Å². The molecular formula is C19H27NO5. The van der Waals surface area contributed by atoms with E-state index in [9.17, 15) is 4.79 Å². The van der Waals surface area contributed by atoms with Gasteiger partial charge in [-0.3, -0.25) is 4.79 Å². The minimum atomic E-state index is -0.263. The van der Waals surface area contributed by atoms with Crippen molar-refractivity contribution in [2.45, 2.75) is 32.4 Å². The first-order valence-electron chi connectivity index (χ1n) is 8.41. The van der Waals surface area contributed by atoms with E-state index in [-0.39, 0.29) is 18.1 Å². The highest BCUT2D eigenvalue weighted by atomic mass is 16.5. The average molecular weight is 349 g/mol. The second kappa shape index (κ2) is 9.44. The average Bonchev–Trinajstić information content (AvgIpc) is 2.62. The molecule has 6 nitrogen and oxygen atoms in total. The fourth-order valence-electron chi connectivity index (χ4n) is 2.71. The van der Waals surface area contributed by atoms with Gasteiger partial charge in [0.05, 0.1) is 39.6 Å². The molecule has 2 atom stereocenters. The Labute approximate surface area is 149 Å². The molecule has 1 amide bonds. The Morgan fingerprint density at radius 1 is 1.28 bits per heavy atom. The summed E-state index contributed by atoms with van der Waals surface area (Å²) in [4.78, 5) is 12.8. The molecule has 1 aliphatic rings. The van der Waals surface area contributed by atoms with Crippen molar-refractivity contribution in [2.75, 3.05) is 34.0 Å². The van der Waals surface area contributed by atoms with Crippen LogP contribution in [0.15, 0.2) is 29.8 Å². The van der Waals surface area contributed by atoms with Crippen molar-refractivity contribution >= 4 is 5.91 Å². The molecule has 2 rings (SSSR count). The molecule has 0 radical (unpaired) electrons. The molecule has 1 saturated heterocycles. The molecule has 1 aliphatic heterocycles. The van der Waals surface area contributed by atoms with Gasteiger partial charge >= 0.3 is 0 Å². The summed E-state index contributed by atoms with van der Waals surface area (Å²) < 4.78 is 22.0. The Kier molecular flexibility index (Phi) is 7.28. The third-order valence-electron chi connectivity index (χ3n) is 4.07. The third kappa shape index (κ3) is 5.21. The molecule has 138 valence electrons. The van der Waals surface area contributed by atoms with Crippen molar-refractivity contribution in [1.82, 2.24) is 5.32 Å². The van der Waals surface area contributed by atoms with E-state index < -0.39 is 0 Å². The molecule has 1 heterocycles. The highest BCUT2D eigenvalue weighted by molar-refractivity contribution is 6.00. The standard InChI is InChI=1S/C19H27NO5/c1-13(2)8-11-25-15-9-10-24-12-14(15)20-19(21)18-16(22-3)6-5-7-17(18)23-4/h5-8,14-15H,9-12H2,1-4H3,(H,20,21)/t14-,15+/m1/s1. The lowest BCUT2D eigenvalue weighted by atomic mass is 10.1. The van der Waals surface area contributed by atoms with E-state index in [1.165, 1.54) is 19.8 Å². The zero-order chi connectivity index (χ0) is 18.2. The van der Waals surface area contributed by atoms with Crippen LogP contribution in [0.2, 0.25) is 0 Å². The number of rotatable bonds is 7. The Balaban J connectivity index is 2.11. The van der Waals surface area contributed by atoms with Gasteiger partial charge in [-0.25, -0.2) is 0 Å². The zero-order valence-electron chi connectivity index (χ0n) is 15.3. The number of hydrogen-bond donors (Lipinski definition) is 1. The maximum Gasteiger partial charge on any atom is 0.259 e. The number of amides is 1. The van der Waals surface area contributed by atoms with Gasteiger partial charge in [0.1, 0.15) is 17.1 Å². The Morgan fingerprint density at radius 2 is 1.96 bits per heavy atom. The van der Waals surface area contributed by atoms with Crippen LogP contribution in [0.1, 0.15) is 30.6 Å². The summed E-state index contributed by atoms with van der Waals surface area (Å²) in [7, 11) is 3.06. The number of benzene rings is 1. The summed E-state index contributed by atoms with van der Waals surface area (Å²) in [5.74, 6) is 0.673. The number of carbonyl (C=O) groups excluding carboxylic acids is 1. The second-order valence-corrected chi connectivity index (χ2v) is 6.13. The smallest absolute Gasteiger partial charge is 0.259 e. The fourth-order valence-corrected chi connectivity index (χ4v) is 2.71. The Morgan fingerprint density at radius 3 is 2.56 bits per heavy atom.